The van der Waals surface area contributed by atoms with E-state index >= 15 is 0 Å². The van der Waals surface area contributed by atoms with E-state index < -0.39 is 0 Å². The predicted octanol–water partition coefficient (Wildman–Crippen LogP) is 0.236. The van der Waals surface area contributed by atoms with E-state index in [1.54, 1.807) is 4.90 Å². The zero-order valence-corrected chi connectivity index (χ0v) is 6.86. The molecular weight excluding hydrogens is 142 g/mol. The van der Waals surface area contributed by atoms with Crippen LogP contribution in [0.1, 0.15) is 19.8 Å². The van der Waals surface area contributed by atoms with E-state index in [9.17, 15) is 9.90 Å². The minimum Gasteiger partial charge on any atom is -0.393 e. The van der Waals surface area contributed by atoms with Gasteiger partial charge in [-0.15, -0.1) is 0 Å². The van der Waals surface area contributed by atoms with Crippen molar-refractivity contribution in [3.8, 4) is 0 Å². The van der Waals surface area contributed by atoms with E-state index in [1.807, 2.05) is 6.92 Å². The van der Waals surface area contributed by atoms with Crippen molar-refractivity contribution < 1.29 is 9.90 Å². The molecule has 1 aliphatic rings. The summed E-state index contributed by atoms with van der Waals surface area (Å²) in [5.74, 6) is 0.395. The van der Waals surface area contributed by atoms with Gasteiger partial charge >= 0.3 is 0 Å². The Labute approximate surface area is 67.0 Å². The van der Waals surface area contributed by atoms with Crippen molar-refractivity contribution in [2.24, 2.45) is 5.92 Å². The molecule has 1 fully saturated rings. The molecule has 1 atom stereocenters. The molecule has 0 saturated carbocycles. The first-order chi connectivity index (χ1) is 5.24. The lowest BCUT2D eigenvalue weighted by Gasteiger charge is -2.30. The SMILES string of the molecule is CC(O)C1CCN(C=O)CC1. The molecule has 0 radical (unpaired) electrons. The van der Waals surface area contributed by atoms with Crippen LogP contribution in [0, 0.1) is 5.92 Å². The monoisotopic (exact) mass is 157 g/mol. The highest BCUT2D eigenvalue weighted by atomic mass is 16.3. The molecule has 0 spiro atoms. The van der Waals surface area contributed by atoms with Crippen LogP contribution in [0.25, 0.3) is 0 Å². The molecule has 1 aliphatic heterocycles. The number of likely N-dealkylation sites (tertiary alicyclic amines) is 1. The molecule has 1 saturated heterocycles. The molecule has 1 rings (SSSR count). The van der Waals surface area contributed by atoms with Gasteiger partial charge in [0.2, 0.25) is 6.41 Å². The smallest absolute Gasteiger partial charge is 0.209 e. The molecule has 0 aromatic heterocycles. The summed E-state index contributed by atoms with van der Waals surface area (Å²) in [6.45, 7) is 3.43. The van der Waals surface area contributed by atoms with E-state index in [0.29, 0.717) is 5.92 Å². The Morgan fingerprint density at radius 3 is 2.45 bits per heavy atom. The maximum Gasteiger partial charge on any atom is 0.209 e. The van der Waals surface area contributed by atoms with Crippen molar-refractivity contribution in [3.63, 3.8) is 0 Å². The van der Waals surface area contributed by atoms with Crippen LogP contribution in [0.5, 0.6) is 0 Å². The first-order valence-electron chi connectivity index (χ1n) is 4.11. The van der Waals surface area contributed by atoms with Gasteiger partial charge in [-0.25, -0.2) is 0 Å². The van der Waals surface area contributed by atoms with Gasteiger partial charge in [0.15, 0.2) is 0 Å². The second-order valence-electron chi connectivity index (χ2n) is 3.22. The standard InChI is InChI=1S/C8H15NO2/c1-7(11)8-2-4-9(6-10)5-3-8/h6-8,11H,2-5H2,1H3. The third-order valence-corrected chi connectivity index (χ3v) is 2.41. The lowest BCUT2D eigenvalue weighted by atomic mass is 9.92. The fraction of sp³-hybridized carbons (Fsp3) is 0.875. The fourth-order valence-corrected chi connectivity index (χ4v) is 1.51. The van der Waals surface area contributed by atoms with Crippen LogP contribution in [0.4, 0.5) is 0 Å². The Morgan fingerprint density at radius 1 is 1.55 bits per heavy atom. The van der Waals surface area contributed by atoms with Crippen molar-refractivity contribution in [2.75, 3.05) is 13.1 Å². The minimum atomic E-state index is -0.219. The Kier molecular flexibility index (Phi) is 2.88. The molecule has 1 unspecified atom stereocenters. The zero-order chi connectivity index (χ0) is 8.27. The molecule has 3 heteroatoms. The lowest BCUT2D eigenvalue weighted by molar-refractivity contribution is -0.119. The quantitative estimate of drug-likeness (QED) is 0.583. The van der Waals surface area contributed by atoms with Crippen LogP contribution in [-0.4, -0.2) is 35.6 Å². The van der Waals surface area contributed by atoms with Gasteiger partial charge in [-0.05, 0) is 25.7 Å². The molecule has 0 aliphatic carbocycles. The van der Waals surface area contributed by atoms with Gasteiger partial charge in [0.1, 0.15) is 0 Å². The summed E-state index contributed by atoms with van der Waals surface area (Å²) < 4.78 is 0. The Morgan fingerprint density at radius 2 is 2.09 bits per heavy atom. The van der Waals surface area contributed by atoms with Crippen molar-refractivity contribution >= 4 is 6.41 Å². The average molecular weight is 157 g/mol. The number of carbonyl (C=O) groups is 1. The summed E-state index contributed by atoms with van der Waals surface area (Å²) in [4.78, 5) is 12.1. The van der Waals surface area contributed by atoms with E-state index in [-0.39, 0.29) is 6.10 Å². The molecule has 1 heterocycles. The van der Waals surface area contributed by atoms with Crippen LogP contribution >= 0.6 is 0 Å². The summed E-state index contributed by atoms with van der Waals surface area (Å²) in [5, 5.41) is 9.23. The van der Waals surface area contributed by atoms with Crippen LogP contribution in [0.3, 0.4) is 0 Å². The van der Waals surface area contributed by atoms with Gasteiger partial charge in [0, 0.05) is 13.1 Å². The number of amides is 1. The summed E-state index contributed by atoms with van der Waals surface area (Å²) in [6.07, 6.45) is 2.55. The fourth-order valence-electron chi connectivity index (χ4n) is 1.51. The van der Waals surface area contributed by atoms with Crippen LogP contribution in [0.15, 0.2) is 0 Å². The van der Waals surface area contributed by atoms with Crippen LogP contribution < -0.4 is 0 Å². The number of hydrogen-bond acceptors (Lipinski definition) is 2. The highest BCUT2D eigenvalue weighted by molar-refractivity contribution is 5.47. The maximum absolute atomic E-state index is 10.3. The first kappa shape index (κ1) is 8.53. The Bertz CT molecular complexity index is 128. The lowest BCUT2D eigenvalue weighted by Crippen LogP contribution is -2.35. The molecule has 0 aromatic rings. The average Bonchev–Trinajstić information content (AvgIpc) is 2.05. The molecule has 0 bridgehead atoms. The van der Waals surface area contributed by atoms with Gasteiger partial charge in [0.05, 0.1) is 6.10 Å². The van der Waals surface area contributed by atoms with E-state index in [0.717, 1.165) is 32.3 Å². The third-order valence-electron chi connectivity index (χ3n) is 2.41. The number of nitrogens with zero attached hydrogens (tertiary/aromatic N) is 1. The van der Waals surface area contributed by atoms with Crippen molar-refractivity contribution in [1.29, 1.82) is 0 Å². The van der Waals surface area contributed by atoms with Gasteiger partial charge in [-0.1, -0.05) is 0 Å². The molecule has 11 heavy (non-hydrogen) atoms. The molecule has 0 aromatic carbocycles. The second kappa shape index (κ2) is 3.72. The van der Waals surface area contributed by atoms with Gasteiger partial charge in [-0.3, -0.25) is 4.79 Å². The van der Waals surface area contributed by atoms with Crippen LogP contribution in [-0.2, 0) is 4.79 Å². The number of aliphatic hydroxyl groups is 1. The number of hydrogen-bond donors (Lipinski definition) is 1. The first-order valence-corrected chi connectivity index (χ1v) is 4.11. The molecule has 1 N–H and O–H groups in total. The zero-order valence-electron chi connectivity index (χ0n) is 6.86. The van der Waals surface area contributed by atoms with E-state index in [2.05, 4.69) is 0 Å². The number of rotatable bonds is 2. The summed E-state index contributed by atoms with van der Waals surface area (Å²) in [5.41, 5.74) is 0. The van der Waals surface area contributed by atoms with Gasteiger partial charge in [0.25, 0.3) is 0 Å². The highest BCUT2D eigenvalue weighted by Gasteiger charge is 2.21. The minimum absolute atomic E-state index is 0.219. The molecule has 1 amide bonds. The van der Waals surface area contributed by atoms with Crippen molar-refractivity contribution in [1.82, 2.24) is 4.90 Å². The van der Waals surface area contributed by atoms with Gasteiger partial charge < -0.3 is 10.0 Å². The van der Waals surface area contributed by atoms with E-state index in [1.165, 1.54) is 0 Å². The number of piperidine rings is 1. The van der Waals surface area contributed by atoms with Crippen molar-refractivity contribution in [2.45, 2.75) is 25.9 Å². The van der Waals surface area contributed by atoms with E-state index in [4.69, 9.17) is 0 Å². The third kappa shape index (κ3) is 2.19. The van der Waals surface area contributed by atoms with Gasteiger partial charge in [-0.2, -0.15) is 0 Å². The molecular formula is C8H15NO2. The number of aliphatic hydroxyl groups excluding tert-OH is 1. The largest absolute Gasteiger partial charge is 0.393 e. The van der Waals surface area contributed by atoms with Crippen LogP contribution in [0.2, 0.25) is 0 Å². The Hall–Kier alpha value is -0.570. The summed E-state index contributed by atoms with van der Waals surface area (Å²) >= 11 is 0. The normalized spacial score (nSPS) is 23.3. The molecule has 64 valence electrons. The summed E-state index contributed by atoms with van der Waals surface area (Å²) in [6, 6.07) is 0. The summed E-state index contributed by atoms with van der Waals surface area (Å²) in [7, 11) is 0. The maximum atomic E-state index is 10.3. The number of carbonyl (C=O) groups excluding carboxylic acids is 1. The molecule has 3 nitrogen and oxygen atoms in total. The highest BCUT2D eigenvalue weighted by Crippen LogP contribution is 2.19. The second-order valence-corrected chi connectivity index (χ2v) is 3.22. The predicted molar refractivity (Wildman–Crippen MR) is 42.0 cm³/mol. The topological polar surface area (TPSA) is 40.5 Å². The van der Waals surface area contributed by atoms with Crippen molar-refractivity contribution in [3.05, 3.63) is 0 Å². The Balaban J connectivity index is 2.29.